The van der Waals surface area contributed by atoms with Crippen molar-refractivity contribution in [2.45, 2.75) is 0 Å². The van der Waals surface area contributed by atoms with Gasteiger partial charge in [-0.15, -0.1) is 0 Å². The molecule has 0 aliphatic heterocycles. The normalized spacial score (nSPS) is 11.3. The van der Waals surface area contributed by atoms with Crippen molar-refractivity contribution >= 4 is 43.6 Å². The number of aromatic nitrogens is 2. The van der Waals surface area contributed by atoms with Crippen LogP contribution in [-0.2, 0) is 0 Å². The molecule has 0 unspecified atom stereocenters. The maximum absolute atomic E-state index is 10.5. The van der Waals surface area contributed by atoms with Crippen LogP contribution in [0.15, 0.2) is 158 Å². The molecule has 0 radical (unpaired) electrons. The fourth-order valence-corrected chi connectivity index (χ4v) is 7.43. The summed E-state index contributed by atoms with van der Waals surface area (Å²) in [6.45, 7) is 0. The molecule has 9 aromatic rings. The van der Waals surface area contributed by atoms with E-state index in [2.05, 4.69) is 137 Å². The van der Waals surface area contributed by atoms with Gasteiger partial charge in [-0.2, -0.15) is 10.5 Å². The van der Waals surface area contributed by atoms with Crippen molar-refractivity contribution in [1.29, 1.82) is 10.5 Å². The Labute approximate surface area is 277 Å². The fraction of sp³-hybridized carbons (Fsp3) is 0. The Morgan fingerprint density at radius 3 is 1.62 bits per heavy atom. The lowest BCUT2D eigenvalue weighted by atomic mass is 9.92. The highest BCUT2D eigenvalue weighted by molar-refractivity contribution is 6.13. The van der Waals surface area contributed by atoms with E-state index in [1.54, 1.807) is 0 Å². The zero-order valence-corrected chi connectivity index (χ0v) is 25.8. The van der Waals surface area contributed by atoms with Gasteiger partial charge in [0.1, 0.15) is 6.07 Å². The Hall–Kier alpha value is -6.88. The summed E-state index contributed by atoms with van der Waals surface area (Å²) in [5.41, 5.74) is 11.3. The van der Waals surface area contributed by atoms with E-state index in [4.69, 9.17) is 0 Å². The summed E-state index contributed by atoms with van der Waals surface area (Å²) in [4.78, 5) is 0. The molecule has 2 aromatic heterocycles. The summed E-state index contributed by atoms with van der Waals surface area (Å²) < 4.78 is 4.49. The molecule has 0 saturated heterocycles. The molecule has 0 spiro atoms. The number of nitrogens with zero attached hydrogens (tertiary/aromatic N) is 4. The van der Waals surface area contributed by atoms with Gasteiger partial charge < -0.3 is 9.13 Å². The minimum absolute atomic E-state index is 0.561. The van der Waals surface area contributed by atoms with E-state index >= 15 is 0 Å². The Morgan fingerprint density at radius 1 is 0.396 bits per heavy atom. The van der Waals surface area contributed by atoms with Crippen molar-refractivity contribution in [3.05, 3.63) is 169 Å². The van der Waals surface area contributed by atoms with E-state index in [0.29, 0.717) is 11.1 Å². The third-order valence-corrected chi connectivity index (χ3v) is 9.41. The number of fused-ring (bicyclic) bond motifs is 6. The maximum atomic E-state index is 10.5. The van der Waals surface area contributed by atoms with E-state index < -0.39 is 0 Å². The van der Waals surface area contributed by atoms with E-state index in [-0.39, 0.29) is 0 Å². The molecule has 0 atom stereocenters. The van der Waals surface area contributed by atoms with Gasteiger partial charge in [-0.05, 0) is 65.2 Å². The third kappa shape index (κ3) is 4.01. The number of rotatable bonds is 4. The van der Waals surface area contributed by atoms with Crippen LogP contribution >= 0.6 is 0 Å². The molecule has 2 heterocycles. The average Bonchev–Trinajstić information content (AvgIpc) is 3.67. The summed E-state index contributed by atoms with van der Waals surface area (Å²) in [5, 5.41) is 24.9. The molecule has 0 aliphatic carbocycles. The number of hydrogen-bond donors (Lipinski definition) is 0. The highest BCUT2D eigenvalue weighted by Gasteiger charge is 2.22. The predicted molar refractivity (Wildman–Crippen MR) is 195 cm³/mol. The van der Waals surface area contributed by atoms with Gasteiger partial charge in [0.25, 0.3) is 0 Å². The van der Waals surface area contributed by atoms with Gasteiger partial charge in [-0.3, -0.25) is 0 Å². The molecule has 4 heteroatoms. The van der Waals surface area contributed by atoms with Crippen LogP contribution in [0.5, 0.6) is 0 Å². The van der Waals surface area contributed by atoms with Crippen molar-refractivity contribution < 1.29 is 0 Å². The standard InChI is InChI=1S/C44H26N4/c45-27-30-13-11-25-42-43(30)38-20-5-8-24-41(38)48(42)44-31(28-46)14-10-21-37(44)34-17-2-1-16-33(34)29-12-9-15-32(26-29)47-39-22-6-3-18-35(39)36-19-4-7-23-40(36)47/h1-26H. The maximum Gasteiger partial charge on any atom is 0.101 e. The van der Waals surface area contributed by atoms with Gasteiger partial charge in [0.2, 0.25) is 0 Å². The lowest BCUT2D eigenvalue weighted by Crippen LogP contribution is -2.01. The molecule has 0 fully saturated rings. The Morgan fingerprint density at radius 2 is 0.917 bits per heavy atom. The summed E-state index contributed by atoms with van der Waals surface area (Å²) in [5.74, 6) is 0. The Bertz CT molecular complexity index is 2760. The van der Waals surface area contributed by atoms with Gasteiger partial charge in [0.05, 0.1) is 45.0 Å². The quantitative estimate of drug-likeness (QED) is 0.199. The summed E-state index contributed by atoms with van der Waals surface area (Å²) in [7, 11) is 0. The predicted octanol–water partition coefficient (Wildman–Crippen LogP) is 11.0. The first-order chi connectivity index (χ1) is 23.8. The molecule has 7 aromatic carbocycles. The Kier molecular flexibility index (Phi) is 6.22. The highest BCUT2D eigenvalue weighted by Crippen LogP contribution is 2.42. The molecule has 48 heavy (non-hydrogen) atoms. The van der Waals surface area contributed by atoms with Crippen molar-refractivity contribution in [2.75, 3.05) is 0 Å². The minimum Gasteiger partial charge on any atom is -0.309 e. The van der Waals surface area contributed by atoms with Crippen LogP contribution in [0, 0.1) is 22.7 Å². The molecule has 0 N–H and O–H groups in total. The third-order valence-electron chi connectivity index (χ3n) is 9.41. The Balaban J connectivity index is 1.30. The summed E-state index contributed by atoms with van der Waals surface area (Å²) in [6.07, 6.45) is 0. The van der Waals surface area contributed by atoms with Gasteiger partial charge in [-0.1, -0.05) is 109 Å². The van der Waals surface area contributed by atoms with Crippen LogP contribution in [0.4, 0.5) is 0 Å². The molecule has 9 rings (SSSR count). The van der Waals surface area contributed by atoms with Crippen LogP contribution < -0.4 is 0 Å². The van der Waals surface area contributed by atoms with E-state index in [0.717, 1.165) is 66.5 Å². The second-order valence-electron chi connectivity index (χ2n) is 11.9. The van der Waals surface area contributed by atoms with E-state index in [9.17, 15) is 10.5 Å². The van der Waals surface area contributed by atoms with Crippen LogP contribution in [-0.4, -0.2) is 9.13 Å². The minimum atomic E-state index is 0.561. The first-order valence-corrected chi connectivity index (χ1v) is 15.9. The van der Waals surface area contributed by atoms with Crippen LogP contribution in [0.25, 0.3) is 77.2 Å². The highest BCUT2D eigenvalue weighted by atomic mass is 15.0. The van der Waals surface area contributed by atoms with Crippen molar-refractivity contribution in [1.82, 2.24) is 9.13 Å². The first-order valence-electron chi connectivity index (χ1n) is 15.9. The zero-order chi connectivity index (χ0) is 32.2. The number of nitriles is 2. The molecule has 0 saturated carbocycles. The lowest BCUT2D eigenvalue weighted by Gasteiger charge is -2.18. The number of para-hydroxylation sites is 4. The molecular weight excluding hydrogens is 585 g/mol. The smallest absolute Gasteiger partial charge is 0.101 e. The van der Waals surface area contributed by atoms with Crippen LogP contribution in [0.3, 0.4) is 0 Å². The topological polar surface area (TPSA) is 57.4 Å². The number of benzene rings is 7. The van der Waals surface area contributed by atoms with E-state index in [1.807, 2.05) is 42.5 Å². The monoisotopic (exact) mass is 610 g/mol. The van der Waals surface area contributed by atoms with Crippen molar-refractivity contribution in [3.8, 4) is 45.8 Å². The summed E-state index contributed by atoms with van der Waals surface area (Å²) in [6, 6.07) is 58.9. The molecule has 0 aliphatic rings. The van der Waals surface area contributed by atoms with Gasteiger partial charge in [-0.25, -0.2) is 0 Å². The molecule has 0 bridgehead atoms. The van der Waals surface area contributed by atoms with Crippen LogP contribution in [0.2, 0.25) is 0 Å². The second kappa shape index (κ2) is 10.9. The fourth-order valence-electron chi connectivity index (χ4n) is 7.43. The zero-order valence-electron chi connectivity index (χ0n) is 25.8. The average molecular weight is 611 g/mol. The first kappa shape index (κ1) is 27.4. The lowest BCUT2D eigenvalue weighted by molar-refractivity contribution is 1.17. The van der Waals surface area contributed by atoms with Crippen LogP contribution in [0.1, 0.15) is 11.1 Å². The molecular formula is C44H26N4. The van der Waals surface area contributed by atoms with Gasteiger partial charge in [0, 0.05) is 32.8 Å². The molecule has 222 valence electrons. The van der Waals surface area contributed by atoms with Gasteiger partial charge >= 0.3 is 0 Å². The molecule has 0 amide bonds. The van der Waals surface area contributed by atoms with Crippen molar-refractivity contribution in [3.63, 3.8) is 0 Å². The number of hydrogen-bond acceptors (Lipinski definition) is 2. The molecule has 4 nitrogen and oxygen atoms in total. The SMILES string of the molecule is N#Cc1cccc(-c2ccccc2-c2cccc(-n3c4ccccc4c4ccccc43)c2)c1-n1c2ccccc2c2c(C#N)cccc21. The van der Waals surface area contributed by atoms with Crippen molar-refractivity contribution in [2.24, 2.45) is 0 Å². The van der Waals surface area contributed by atoms with E-state index in [1.165, 1.54) is 10.8 Å². The summed E-state index contributed by atoms with van der Waals surface area (Å²) >= 11 is 0. The largest absolute Gasteiger partial charge is 0.309 e. The second-order valence-corrected chi connectivity index (χ2v) is 11.9. The van der Waals surface area contributed by atoms with Gasteiger partial charge in [0.15, 0.2) is 0 Å².